The molecule has 1 aromatic carbocycles. The summed E-state index contributed by atoms with van der Waals surface area (Å²) in [6.45, 7) is 7.48. The Labute approximate surface area is 234 Å². The number of esters is 1. The second kappa shape index (κ2) is 11.7. The summed E-state index contributed by atoms with van der Waals surface area (Å²) in [5.41, 5.74) is 0.802. The molecule has 2 fully saturated rings. The topological polar surface area (TPSA) is 80.3 Å². The van der Waals surface area contributed by atoms with Crippen LogP contribution >= 0.6 is 15.9 Å². The number of benzene rings is 1. The summed E-state index contributed by atoms with van der Waals surface area (Å²) < 4.78 is 30.5. The van der Waals surface area contributed by atoms with Crippen molar-refractivity contribution in [1.29, 1.82) is 0 Å². The van der Waals surface area contributed by atoms with Gasteiger partial charge in [-0.2, -0.15) is 0 Å². The zero-order valence-electron chi connectivity index (χ0n) is 23.0. The maximum atomic E-state index is 13.5. The number of allylic oxidation sites excluding steroid dienone is 1. The molecule has 0 radical (unpaired) electrons. The van der Waals surface area contributed by atoms with Crippen LogP contribution in [0.15, 0.2) is 52.5 Å². The van der Waals surface area contributed by atoms with E-state index < -0.39 is 23.3 Å². The second-order valence-electron chi connectivity index (χ2n) is 11.1. The van der Waals surface area contributed by atoms with E-state index in [9.17, 15) is 9.59 Å². The van der Waals surface area contributed by atoms with Gasteiger partial charge >= 0.3 is 5.97 Å². The molecule has 1 aromatic rings. The first-order valence-electron chi connectivity index (χ1n) is 13.4. The third-order valence-corrected chi connectivity index (χ3v) is 7.81. The SMILES string of the molecule is COC(=O)CCC[C@@H]1OC(C)(C)O[C@@H]1/C=C1\C(=O)C(Br)=C[C@]12OC(C)(C)O[C@@H]2CCCCc1ccccc1. The molecule has 0 aromatic heterocycles. The smallest absolute Gasteiger partial charge is 0.305 e. The fraction of sp³-hybridized carbons (Fsp3) is 0.600. The van der Waals surface area contributed by atoms with Gasteiger partial charge in [-0.1, -0.05) is 36.8 Å². The van der Waals surface area contributed by atoms with Crippen LogP contribution in [0.3, 0.4) is 0 Å². The van der Waals surface area contributed by atoms with Gasteiger partial charge in [0, 0.05) is 12.0 Å². The molecular weight excluding hydrogens is 552 g/mol. The summed E-state index contributed by atoms with van der Waals surface area (Å²) in [7, 11) is 1.38. The van der Waals surface area contributed by atoms with E-state index >= 15 is 0 Å². The molecule has 4 rings (SSSR count). The molecule has 2 saturated heterocycles. The Morgan fingerprint density at radius 1 is 1.00 bits per heavy atom. The molecule has 3 aliphatic rings. The number of unbranched alkanes of at least 4 members (excludes halogenated alkanes) is 1. The summed E-state index contributed by atoms with van der Waals surface area (Å²) in [5, 5.41) is 0. The summed E-state index contributed by atoms with van der Waals surface area (Å²) in [6.07, 6.45) is 7.74. The van der Waals surface area contributed by atoms with E-state index in [1.54, 1.807) is 0 Å². The summed E-state index contributed by atoms with van der Waals surface area (Å²) >= 11 is 3.47. The van der Waals surface area contributed by atoms with E-state index in [-0.39, 0.29) is 24.0 Å². The highest BCUT2D eigenvalue weighted by Gasteiger charge is 2.59. The van der Waals surface area contributed by atoms with Crippen LogP contribution in [0, 0.1) is 0 Å². The zero-order valence-corrected chi connectivity index (χ0v) is 24.5. The zero-order chi connectivity index (χ0) is 27.6. The normalized spacial score (nSPS) is 30.8. The summed E-state index contributed by atoms with van der Waals surface area (Å²) in [6, 6.07) is 10.4. The van der Waals surface area contributed by atoms with E-state index in [0.717, 1.165) is 25.7 Å². The van der Waals surface area contributed by atoms with Gasteiger partial charge < -0.3 is 23.7 Å². The Hall–Kier alpha value is -1.84. The molecule has 4 atom stereocenters. The molecule has 208 valence electrons. The minimum absolute atomic E-state index is 0.137. The van der Waals surface area contributed by atoms with Crippen LogP contribution < -0.4 is 0 Å². The van der Waals surface area contributed by atoms with Gasteiger partial charge in [0.1, 0.15) is 11.7 Å². The number of halogens is 1. The van der Waals surface area contributed by atoms with Crippen molar-refractivity contribution in [3.63, 3.8) is 0 Å². The van der Waals surface area contributed by atoms with Gasteiger partial charge in [0.05, 0.1) is 23.8 Å². The number of methoxy groups -OCH3 is 1. The van der Waals surface area contributed by atoms with Crippen molar-refractivity contribution < 1.29 is 33.3 Å². The Bertz CT molecular complexity index is 1080. The standard InChI is InChI=1S/C30H39BrO7/c1-28(2)35-23(15-11-17-26(32)34-5)24(36-28)18-21-27(33)22(31)19-30(21)25(37-29(3,4)38-30)16-10-9-14-20-12-7-6-8-13-20/h6-8,12-13,18-19,23-25H,9-11,14-17H2,1-5H3/b21-18+/t23-,24+,25+,30-/m0/s1. The number of rotatable bonds is 10. The van der Waals surface area contributed by atoms with Crippen LogP contribution in [0.4, 0.5) is 0 Å². The van der Waals surface area contributed by atoms with Crippen molar-refractivity contribution in [2.45, 2.75) is 108 Å². The first-order valence-corrected chi connectivity index (χ1v) is 14.2. The van der Waals surface area contributed by atoms with Crippen LogP contribution in [0.2, 0.25) is 0 Å². The molecule has 0 amide bonds. The van der Waals surface area contributed by atoms with E-state index in [4.69, 9.17) is 23.7 Å². The number of carbonyl (C=O) groups is 2. The Morgan fingerprint density at radius 2 is 1.74 bits per heavy atom. The highest BCUT2D eigenvalue weighted by molar-refractivity contribution is 9.12. The average molecular weight is 592 g/mol. The maximum absolute atomic E-state index is 13.5. The van der Waals surface area contributed by atoms with Crippen molar-refractivity contribution >= 4 is 27.7 Å². The van der Waals surface area contributed by atoms with Gasteiger partial charge in [-0.25, -0.2) is 0 Å². The van der Waals surface area contributed by atoms with Crippen LogP contribution in [0.25, 0.3) is 0 Å². The van der Waals surface area contributed by atoms with Crippen LogP contribution in [-0.2, 0) is 39.7 Å². The highest BCUT2D eigenvalue weighted by Crippen LogP contribution is 2.50. The number of hydrogen-bond donors (Lipinski definition) is 0. The third-order valence-electron chi connectivity index (χ3n) is 7.22. The Balaban J connectivity index is 1.54. The van der Waals surface area contributed by atoms with Gasteiger partial charge in [-0.15, -0.1) is 0 Å². The molecule has 0 bridgehead atoms. The molecule has 8 heteroatoms. The first kappa shape index (κ1) is 29.2. The van der Waals surface area contributed by atoms with Crippen molar-refractivity contribution in [3.05, 3.63) is 58.1 Å². The lowest BCUT2D eigenvalue weighted by Crippen LogP contribution is -2.40. The fourth-order valence-electron chi connectivity index (χ4n) is 5.64. The van der Waals surface area contributed by atoms with E-state index in [0.29, 0.717) is 29.3 Å². The van der Waals surface area contributed by atoms with Crippen molar-refractivity contribution in [2.24, 2.45) is 0 Å². The van der Waals surface area contributed by atoms with Crippen LogP contribution in [0.1, 0.15) is 71.8 Å². The van der Waals surface area contributed by atoms with E-state index in [2.05, 4.69) is 40.2 Å². The monoisotopic (exact) mass is 590 g/mol. The molecule has 38 heavy (non-hydrogen) atoms. The lowest BCUT2D eigenvalue weighted by Gasteiger charge is -2.29. The lowest BCUT2D eigenvalue weighted by atomic mass is 9.86. The van der Waals surface area contributed by atoms with E-state index in [1.165, 1.54) is 12.7 Å². The molecule has 2 heterocycles. The molecular formula is C30H39BrO7. The third kappa shape index (κ3) is 6.65. The highest BCUT2D eigenvalue weighted by atomic mass is 79.9. The Kier molecular flexibility index (Phi) is 8.99. The molecule has 1 spiro atoms. The molecule has 0 N–H and O–H groups in total. The first-order chi connectivity index (χ1) is 17.9. The summed E-state index contributed by atoms with van der Waals surface area (Å²) in [4.78, 5) is 25.1. The van der Waals surface area contributed by atoms with Gasteiger partial charge in [-0.3, -0.25) is 9.59 Å². The second-order valence-corrected chi connectivity index (χ2v) is 12.0. The van der Waals surface area contributed by atoms with Crippen LogP contribution in [0.5, 0.6) is 0 Å². The number of ketones is 1. The predicted octanol–water partition coefficient (Wildman–Crippen LogP) is 5.94. The fourth-order valence-corrected chi connectivity index (χ4v) is 6.19. The van der Waals surface area contributed by atoms with Gasteiger partial charge in [-0.05, 0) is 93.4 Å². The van der Waals surface area contributed by atoms with Gasteiger partial charge in [0.25, 0.3) is 0 Å². The minimum atomic E-state index is -1.02. The maximum Gasteiger partial charge on any atom is 0.305 e. The number of ether oxygens (including phenoxy) is 5. The molecule has 0 unspecified atom stereocenters. The quantitative estimate of drug-likeness (QED) is 0.189. The van der Waals surface area contributed by atoms with Gasteiger partial charge in [0.2, 0.25) is 0 Å². The number of aryl methyl sites for hydroxylation is 1. The average Bonchev–Trinajstić information content (AvgIpc) is 3.39. The number of carbonyl (C=O) groups excluding carboxylic acids is 2. The van der Waals surface area contributed by atoms with E-state index in [1.807, 2.05) is 45.9 Å². The number of hydrogen-bond acceptors (Lipinski definition) is 7. The lowest BCUT2D eigenvalue weighted by molar-refractivity contribution is -0.152. The Morgan fingerprint density at radius 3 is 2.45 bits per heavy atom. The summed E-state index contributed by atoms with van der Waals surface area (Å²) in [5.74, 6) is -2.07. The molecule has 2 aliphatic heterocycles. The van der Waals surface area contributed by atoms with Crippen molar-refractivity contribution in [2.75, 3.05) is 7.11 Å². The molecule has 1 aliphatic carbocycles. The minimum Gasteiger partial charge on any atom is -0.469 e. The molecule has 7 nitrogen and oxygen atoms in total. The van der Waals surface area contributed by atoms with Crippen molar-refractivity contribution in [3.8, 4) is 0 Å². The largest absolute Gasteiger partial charge is 0.469 e. The predicted molar refractivity (Wildman–Crippen MR) is 147 cm³/mol. The van der Waals surface area contributed by atoms with Crippen LogP contribution in [-0.4, -0.2) is 54.3 Å². The molecule has 0 saturated carbocycles. The number of Topliss-reactive ketones (excluding diaryl/α,β-unsaturated/α-hetero) is 1. The van der Waals surface area contributed by atoms with Gasteiger partial charge in [0.15, 0.2) is 17.4 Å². The van der Waals surface area contributed by atoms with Crippen molar-refractivity contribution in [1.82, 2.24) is 0 Å².